The third-order valence-corrected chi connectivity index (χ3v) is 3.06. The number of hydrogen-bond donors (Lipinski definition) is 2. The maximum Gasteiger partial charge on any atom is 0.141 e. The summed E-state index contributed by atoms with van der Waals surface area (Å²) in [5.74, 6) is 0.697. The number of aromatic nitrogens is 3. The van der Waals surface area contributed by atoms with E-state index in [1.165, 1.54) is 0 Å². The van der Waals surface area contributed by atoms with E-state index < -0.39 is 0 Å². The van der Waals surface area contributed by atoms with Crippen LogP contribution in [0.3, 0.4) is 0 Å². The molecule has 3 N–H and O–H groups in total. The quantitative estimate of drug-likeness (QED) is 0.833. The van der Waals surface area contributed by atoms with Gasteiger partial charge in [0.05, 0.1) is 11.4 Å². The molecular formula is C12H14N4O. The molecule has 0 spiro atoms. The lowest BCUT2D eigenvalue weighted by Gasteiger charge is -2.07. The molecule has 88 valence electrons. The van der Waals surface area contributed by atoms with Gasteiger partial charge in [-0.1, -0.05) is 17.3 Å². The molecule has 1 saturated carbocycles. The van der Waals surface area contributed by atoms with Crippen LogP contribution in [0.4, 0.5) is 0 Å². The Morgan fingerprint density at radius 1 is 1.35 bits per heavy atom. The molecular weight excluding hydrogens is 216 g/mol. The Kier molecular flexibility index (Phi) is 2.33. The molecule has 1 aliphatic rings. The highest BCUT2D eigenvalue weighted by Crippen LogP contribution is 2.40. The number of nitrogens with zero attached hydrogens (tertiary/aromatic N) is 3. The third-order valence-electron chi connectivity index (χ3n) is 3.06. The summed E-state index contributed by atoms with van der Waals surface area (Å²) in [6.45, 7) is 0.382. The molecule has 0 atom stereocenters. The van der Waals surface area contributed by atoms with E-state index >= 15 is 0 Å². The Balaban J connectivity index is 2.11. The number of rotatable bonds is 3. The lowest BCUT2D eigenvalue weighted by molar-refractivity contribution is 0.469. The molecule has 3 rings (SSSR count). The van der Waals surface area contributed by atoms with E-state index in [1.807, 2.05) is 6.07 Å². The summed E-state index contributed by atoms with van der Waals surface area (Å²) in [6.07, 6.45) is 2.32. The molecule has 1 aromatic heterocycles. The van der Waals surface area contributed by atoms with Crippen molar-refractivity contribution in [3.63, 3.8) is 0 Å². The highest BCUT2D eigenvalue weighted by molar-refractivity contribution is 5.46. The zero-order valence-electron chi connectivity index (χ0n) is 9.37. The second-order valence-electron chi connectivity index (χ2n) is 4.30. The second-order valence-corrected chi connectivity index (χ2v) is 4.30. The van der Waals surface area contributed by atoms with Gasteiger partial charge < -0.3 is 10.8 Å². The van der Waals surface area contributed by atoms with Crippen LogP contribution < -0.4 is 5.73 Å². The van der Waals surface area contributed by atoms with Crippen molar-refractivity contribution in [2.24, 2.45) is 5.73 Å². The molecule has 1 fully saturated rings. The van der Waals surface area contributed by atoms with Crippen LogP contribution in [-0.4, -0.2) is 20.1 Å². The van der Waals surface area contributed by atoms with Crippen LogP contribution >= 0.6 is 0 Å². The number of para-hydroxylation sites is 2. The van der Waals surface area contributed by atoms with E-state index in [1.54, 1.807) is 22.9 Å². The van der Waals surface area contributed by atoms with Gasteiger partial charge in [-0.3, -0.25) is 0 Å². The summed E-state index contributed by atoms with van der Waals surface area (Å²) in [4.78, 5) is 0. The first-order chi connectivity index (χ1) is 8.31. The number of phenols is 1. The van der Waals surface area contributed by atoms with Gasteiger partial charge in [0.1, 0.15) is 11.4 Å². The zero-order chi connectivity index (χ0) is 11.8. The van der Waals surface area contributed by atoms with Crippen LogP contribution in [0.25, 0.3) is 5.69 Å². The van der Waals surface area contributed by atoms with Crippen molar-refractivity contribution >= 4 is 0 Å². The van der Waals surface area contributed by atoms with Crippen molar-refractivity contribution in [3.05, 3.63) is 35.7 Å². The van der Waals surface area contributed by atoms with Gasteiger partial charge in [0.15, 0.2) is 0 Å². The van der Waals surface area contributed by atoms with Crippen molar-refractivity contribution in [3.8, 4) is 11.4 Å². The number of aromatic hydroxyl groups is 1. The lowest BCUT2D eigenvalue weighted by atomic mass is 10.2. The highest BCUT2D eigenvalue weighted by Gasteiger charge is 2.30. The normalized spacial score (nSPS) is 15.1. The molecule has 0 amide bonds. The van der Waals surface area contributed by atoms with Crippen LogP contribution in [0.15, 0.2) is 24.3 Å². The monoisotopic (exact) mass is 230 g/mol. The van der Waals surface area contributed by atoms with E-state index in [2.05, 4.69) is 10.3 Å². The average Bonchev–Trinajstić information content (AvgIpc) is 3.10. The average molecular weight is 230 g/mol. The van der Waals surface area contributed by atoms with E-state index in [4.69, 9.17) is 5.73 Å². The smallest absolute Gasteiger partial charge is 0.141 e. The minimum Gasteiger partial charge on any atom is -0.506 e. The summed E-state index contributed by atoms with van der Waals surface area (Å²) < 4.78 is 1.64. The zero-order valence-corrected chi connectivity index (χ0v) is 9.37. The first-order valence-corrected chi connectivity index (χ1v) is 5.74. The Bertz CT molecular complexity index is 545. The Morgan fingerprint density at radius 2 is 2.12 bits per heavy atom. The molecule has 1 heterocycles. The fourth-order valence-electron chi connectivity index (χ4n) is 2.02. The SMILES string of the molecule is NCc1c(C2CC2)nnn1-c1ccccc1O. The van der Waals surface area contributed by atoms with Gasteiger partial charge >= 0.3 is 0 Å². The van der Waals surface area contributed by atoms with Gasteiger partial charge in [0.2, 0.25) is 0 Å². The van der Waals surface area contributed by atoms with Gasteiger partial charge in [-0.05, 0) is 25.0 Å². The van der Waals surface area contributed by atoms with Gasteiger partial charge in [-0.15, -0.1) is 5.10 Å². The number of benzene rings is 1. The van der Waals surface area contributed by atoms with Gasteiger partial charge in [-0.2, -0.15) is 0 Å². The molecule has 0 bridgehead atoms. The number of phenolic OH excluding ortho intramolecular Hbond substituents is 1. The van der Waals surface area contributed by atoms with Crippen LogP contribution in [0.5, 0.6) is 5.75 Å². The standard InChI is InChI=1S/C12H14N4O/c13-7-10-12(8-5-6-8)14-15-16(10)9-3-1-2-4-11(9)17/h1-4,8,17H,5-7,13H2. The van der Waals surface area contributed by atoms with E-state index in [0.717, 1.165) is 24.2 Å². The van der Waals surface area contributed by atoms with Crippen LogP contribution in [0, 0.1) is 0 Å². The first-order valence-electron chi connectivity index (χ1n) is 5.74. The molecule has 1 aromatic carbocycles. The maximum absolute atomic E-state index is 9.82. The Hall–Kier alpha value is -1.88. The largest absolute Gasteiger partial charge is 0.506 e. The summed E-state index contributed by atoms with van der Waals surface area (Å²) in [7, 11) is 0. The van der Waals surface area contributed by atoms with Gasteiger partial charge in [0.25, 0.3) is 0 Å². The topological polar surface area (TPSA) is 77.0 Å². The maximum atomic E-state index is 9.82. The molecule has 5 nitrogen and oxygen atoms in total. The molecule has 0 aliphatic heterocycles. The molecule has 0 saturated heterocycles. The summed E-state index contributed by atoms with van der Waals surface area (Å²) in [5, 5.41) is 18.1. The van der Waals surface area contributed by atoms with Crippen molar-refractivity contribution in [2.45, 2.75) is 25.3 Å². The minimum atomic E-state index is 0.189. The van der Waals surface area contributed by atoms with E-state index in [0.29, 0.717) is 18.2 Å². The number of nitrogens with two attached hydrogens (primary N) is 1. The van der Waals surface area contributed by atoms with Gasteiger partial charge in [-0.25, -0.2) is 4.68 Å². The van der Waals surface area contributed by atoms with Crippen molar-refractivity contribution < 1.29 is 5.11 Å². The fraction of sp³-hybridized carbons (Fsp3) is 0.333. The highest BCUT2D eigenvalue weighted by atomic mass is 16.3. The number of hydrogen-bond acceptors (Lipinski definition) is 4. The van der Waals surface area contributed by atoms with Crippen LogP contribution in [0.2, 0.25) is 0 Å². The van der Waals surface area contributed by atoms with Crippen LogP contribution in [-0.2, 0) is 6.54 Å². The fourth-order valence-corrected chi connectivity index (χ4v) is 2.02. The Labute approximate surface area is 98.9 Å². The van der Waals surface area contributed by atoms with Crippen LogP contribution in [0.1, 0.15) is 30.1 Å². The first kappa shape index (κ1) is 10.3. The molecule has 2 aromatic rings. The molecule has 0 unspecified atom stereocenters. The summed E-state index contributed by atoms with van der Waals surface area (Å²) >= 11 is 0. The second kappa shape index (κ2) is 3.85. The minimum absolute atomic E-state index is 0.189. The molecule has 0 radical (unpaired) electrons. The predicted octanol–water partition coefficient (Wildman–Crippen LogP) is 1.31. The Morgan fingerprint density at radius 3 is 2.76 bits per heavy atom. The molecule has 1 aliphatic carbocycles. The lowest BCUT2D eigenvalue weighted by Crippen LogP contribution is -2.08. The summed E-state index contributed by atoms with van der Waals surface area (Å²) in [5.41, 5.74) is 8.28. The van der Waals surface area contributed by atoms with E-state index in [9.17, 15) is 5.11 Å². The molecule has 5 heteroatoms. The summed E-state index contributed by atoms with van der Waals surface area (Å²) in [6, 6.07) is 7.07. The van der Waals surface area contributed by atoms with Crippen molar-refractivity contribution in [1.29, 1.82) is 0 Å². The van der Waals surface area contributed by atoms with Gasteiger partial charge in [0, 0.05) is 12.5 Å². The third kappa shape index (κ3) is 1.68. The van der Waals surface area contributed by atoms with E-state index in [-0.39, 0.29) is 5.75 Å². The van der Waals surface area contributed by atoms with Crippen molar-refractivity contribution in [2.75, 3.05) is 0 Å². The van der Waals surface area contributed by atoms with Crippen molar-refractivity contribution in [1.82, 2.24) is 15.0 Å². The predicted molar refractivity (Wildman–Crippen MR) is 62.9 cm³/mol. The molecule has 17 heavy (non-hydrogen) atoms.